The van der Waals surface area contributed by atoms with Crippen LogP contribution in [0.15, 0.2) is 0 Å². The van der Waals surface area contributed by atoms with Crippen LogP contribution in [0.2, 0.25) is 0 Å². The molecule has 11 heavy (non-hydrogen) atoms. The van der Waals surface area contributed by atoms with Crippen molar-refractivity contribution in [1.82, 2.24) is 5.32 Å². The van der Waals surface area contributed by atoms with Crippen LogP contribution in [-0.4, -0.2) is 11.4 Å². The number of nitrogens with one attached hydrogen (secondary N) is 1. The molecule has 0 spiro atoms. The number of amides is 1. The molecule has 0 saturated heterocycles. The Balaban J connectivity index is 1.86. The van der Waals surface area contributed by atoms with Gasteiger partial charge in [-0.25, -0.2) is 0 Å². The Kier molecular flexibility index (Phi) is 1.16. The summed E-state index contributed by atoms with van der Waals surface area (Å²) in [5.41, 5.74) is 0.850. The lowest BCUT2D eigenvalue weighted by atomic mass is 9.40. The third-order valence-corrected chi connectivity index (χ3v) is 3.02. The molecule has 3 fully saturated rings. The minimum Gasteiger partial charge on any atom is -0.351 e. The maximum absolute atomic E-state index is 11.0. The molecule has 0 unspecified atom stereocenters. The molecule has 1 amide bonds. The number of carbonyl (C=O) groups excluding carboxylic acids is 1. The molecule has 2 nitrogen and oxygen atoms in total. The van der Waals surface area contributed by atoms with E-state index < -0.39 is 0 Å². The van der Waals surface area contributed by atoms with E-state index in [1.165, 1.54) is 19.3 Å². The summed E-state index contributed by atoms with van der Waals surface area (Å²) in [5.74, 6) is 0.215. The Morgan fingerprint density at radius 3 is 2.36 bits per heavy atom. The van der Waals surface area contributed by atoms with Crippen LogP contribution in [0.1, 0.15) is 39.5 Å². The summed E-state index contributed by atoms with van der Waals surface area (Å²) < 4.78 is 0. The molecule has 0 heterocycles. The number of hydrogen-bond acceptors (Lipinski definition) is 1. The Labute approximate surface area is 67.4 Å². The van der Waals surface area contributed by atoms with Crippen LogP contribution in [-0.2, 0) is 4.79 Å². The van der Waals surface area contributed by atoms with Crippen molar-refractivity contribution in [3.63, 3.8) is 0 Å². The van der Waals surface area contributed by atoms with E-state index >= 15 is 0 Å². The Morgan fingerprint density at radius 2 is 2.00 bits per heavy atom. The molecular weight excluding hydrogens is 138 g/mol. The summed E-state index contributed by atoms with van der Waals surface area (Å²) in [7, 11) is 0. The maximum Gasteiger partial charge on any atom is 0.220 e. The van der Waals surface area contributed by atoms with Crippen molar-refractivity contribution < 1.29 is 4.79 Å². The third kappa shape index (κ3) is 0.883. The van der Waals surface area contributed by atoms with E-state index in [0.29, 0.717) is 11.8 Å². The molecule has 0 atom stereocenters. The first-order chi connectivity index (χ1) is 5.08. The lowest BCUT2D eigenvalue weighted by Crippen LogP contribution is -2.73. The Hall–Kier alpha value is -0.530. The fourth-order valence-corrected chi connectivity index (χ4v) is 2.81. The van der Waals surface area contributed by atoms with Crippen LogP contribution < -0.4 is 5.32 Å². The van der Waals surface area contributed by atoms with E-state index in [2.05, 4.69) is 12.2 Å². The van der Waals surface area contributed by atoms with Gasteiger partial charge in [0.05, 0.1) is 0 Å². The van der Waals surface area contributed by atoms with Gasteiger partial charge in [0, 0.05) is 12.0 Å². The highest BCUT2D eigenvalue weighted by atomic mass is 16.1. The maximum atomic E-state index is 11.0. The number of rotatable bonds is 2. The Morgan fingerprint density at radius 1 is 1.45 bits per heavy atom. The zero-order chi connectivity index (χ0) is 8.11. The molecule has 62 valence electrons. The average molecular weight is 153 g/mol. The van der Waals surface area contributed by atoms with Gasteiger partial charge in [0.15, 0.2) is 0 Å². The van der Waals surface area contributed by atoms with Gasteiger partial charge in [-0.05, 0) is 24.7 Å². The summed E-state index contributed by atoms with van der Waals surface area (Å²) in [6.45, 7) is 4.20. The van der Waals surface area contributed by atoms with Gasteiger partial charge >= 0.3 is 0 Å². The molecule has 2 bridgehead atoms. The van der Waals surface area contributed by atoms with Gasteiger partial charge in [-0.3, -0.25) is 4.79 Å². The third-order valence-electron chi connectivity index (χ3n) is 3.02. The molecule has 0 aromatic rings. The van der Waals surface area contributed by atoms with Crippen LogP contribution in [0.5, 0.6) is 0 Å². The smallest absolute Gasteiger partial charge is 0.220 e. The van der Waals surface area contributed by atoms with E-state index in [1.54, 1.807) is 0 Å². The monoisotopic (exact) mass is 153 g/mol. The summed E-state index contributed by atoms with van der Waals surface area (Å²) in [5, 5.41) is 3.09. The van der Waals surface area contributed by atoms with E-state index in [1.807, 2.05) is 6.92 Å². The van der Waals surface area contributed by atoms with Crippen molar-refractivity contribution in [1.29, 1.82) is 0 Å². The summed E-state index contributed by atoms with van der Waals surface area (Å²) in [6, 6.07) is 0. The van der Waals surface area contributed by atoms with E-state index in [9.17, 15) is 4.79 Å². The van der Waals surface area contributed by atoms with Crippen molar-refractivity contribution in [2.75, 3.05) is 0 Å². The van der Waals surface area contributed by atoms with Crippen LogP contribution in [0.4, 0.5) is 0 Å². The lowest BCUT2D eigenvalue weighted by molar-refractivity contribution is -0.156. The molecule has 3 aliphatic rings. The molecule has 0 aliphatic heterocycles. The quantitative estimate of drug-likeness (QED) is 0.639. The van der Waals surface area contributed by atoms with Gasteiger partial charge < -0.3 is 5.32 Å². The van der Waals surface area contributed by atoms with Gasteiger partial charge in [-0.2, -0.15) is 0 Å². The van der Waals surface area contributed by atoms with Crippen LogP contribution in [0, 0.1) is 5.41 Å². The van der Waals surface area contributed by atoms with Crippen molar-refractivity contribution in [3.8, 4) is 0 Å². The Bertz CT molecular complexity index is 190. The minimum atomic E-state index is 0.215. The van der Waals surface area contributed by atoms with Crippen LogP contribution in [0.3, 0.4) is 0 Å². The largest absolute Gasteiger partial charge is 0.351 e. The fraction of sp³-hybridized carbons (Fsp3) is 0.889. The van der Waals surface area contributed by atoms with Gasteiger partial charge in [0.25, 0.3) is 0 Å². The molecule has 2 heteroatoms. The molecule has 0 radical (unpaired) electrons. The second-order valence-electron chi connectivity index (χ2n) is 4.52. The summed E-state index contributed by atoms with van der Waals surface area (Å²) >= 11 is 0. The van der Waals surface area contributed by atoms with Gasteiger partial charge in [-0.15, -0.1) is 0 Å². The van der Waals surface area contributed by atoms with Crippen molar-refractivity contribution in [2.45, 2.75) is 45.1 Å². The highest BCUT2D eigenvalue weighted by molar-refractivity contribution is 5.77. The highest BCUT2D eigenvalue weighted by Gasteiger charge is 2.65. The summed E-state index contributed by atoms with van der Waals surface area (Å²) in [6.07, 6.45) is 4.27. The number of hydrogen-bond donors (Lipinski definition) is 1. The SMILES string of the molecule is CCC(=O)NC12CC(C)(C1)C2. The average Bonchev–Trinajstić information content (AvgIpc) is 1.82. The minimum absolute atomic E-state index is 0.215. The zero-order valence-corrected chi connectivity index (χ0v) is 7.24. The second-order valence-corrected chi connectivity index (χ2v) is 4.52. The first kappa shape index (κ1) is 7.14. The molecule has 0 aromatic heterocycles. The van der Waals surface area contributed by atoms with Crippen molar-refractivity contribution in [3.05, 3.63) is 0 Å². The van der Waals surface area contributed by atoms with E-state index in [-0.39, 0.29) is 11.4 Å². The van der Waals surface area contributed by atoms with Gasteiger partial charge in [0.1, 0.15) is 0 Å². The fourth-order valence-electron chi connectivity index (χ4n) is 2.81. The first-order valence-corrected chi connectivity index (χ1v) is 4.39. The first-order valence-electron chi connectivity index (χ1n) is 4.39. The highest BCUT2D eigenvalue weighted by Crippen LogP contribution is 2.66. The molecule has 0 aromatic carbocycles. The topological polar surface area (TPSA) is 29.1 Å². The normalized spacial score (nSPS) is 45.6. The molecule has 3 aliphatic carbocycles. The predicted molar refractivity (Wildman–Crippen MR) is 43.1 cm³/mol. The van der Waals surface area contributed by atoms with Crippen LogP contribution in [0.25, 0.3) is 0 Å². The van der Waals surface area contributed by atoms with Gasteiger partial charge in [0.2, 0.25) is 5.91 Å². The number of carbonyl (C=O) groups is 1. The van der Waals surface area contributed by atoms with Gasteiger partial charge in [-0.1, -0.05) is 13.8 Å². The molecule has 3 rings (SSSR count). The van der Waals surface area contributed by atoms with Crippen molar-refractivity contribution >= 4 is 5.91 Å². The van der Waals surface area contributed by atoms with E-state index in [0.717, 1.165) is 0 Å². The lowest BCUT2D eigenvalue weighted by Gasteiger charge is -2.69. The predicted octanol–water partition coefficient (Wildman–Crippen LogP) is 1.46. The van der Waals surface area contributed by atoms with Crippen LogP contribution >= 0.6 is 0 Å². The zero-order valence-electron chi connectivity index (χ0n) is 7.24. The standard InChI is InChI=1S/C9H15NO/c1-3-7(11)10-9-4-8(2,5-9)6-9/h3-6H2,1-2H3,(H,10,11). The van der Waals surface area contributed by atoms with Crippen molar-refractivity contribution in [2.24, 2.45) is 5.41 Å². The molecule has 3 saturated carbocycles. The summed E-state index contributed by atoms with van der Waals surface area (Å²) in [4.78, 5) is 11.0. The molecular formula is C9H15NO. The second kappa shape index (κ2) is 1.79. The van der Waals surface area contributed by atoms with E-state index in [4.69, 9.17) is 0 Å². The molecule has 1 N–H and O–H groups in total.